The molecule has 0 fully saturated rings. The number of carbonyl (C=O) groups is 1. The molecule has 19 heavy (non-hydrogen) atoms. The van der Waals surface area contributed by atoms with Gasteiger partial charge in [0.1, 0.15) is 5.25 Å². The van der Waals surface area contributed by atoms with Gasteiger partial charge in [-0.25, -0.2) is 4.98 Å². The number of hydrogen-bond donors (Lipinski definition) is 1. The highest BCUT2D eigenvalue weighted by molar-refractivity contribution is 8.00. The van der Waals surface area contributed by atoms with E-state index in [9.17, 15) is 9.90 Å². The van der Waals surface area contributed by atoms with Gasteiger partial charge in [0.25, 0.3) is 0 Å². The molecule has 1 atom stereocenters. The standard InChI is InChI=1S/C14H18N2O2S/c1-8(2)12(13(17)18)19-14-15-10-7-9(3)5-6-11(10)16(14)4/h5-8,12H,1-4H3,(H,17,18). The van der Waals surface area contributed by atoms with Crippen molar-refractivity contribution in [3.8, 4) is 0 Å². The monoisotopic (exact) mass is 278 g/mol. The first-order valence-corrected chi connectivity index (χ1v) is 7.10. The first-order valence-electron chi connectivity index (χ1n) is 6.22. The van der Waals surface area contributed by atoms with E-state index in [4.69, 9.17) is 0 Å². The summed E-state index contributed by atoms with van der Waals surface area (Å²) in [7, 11) is 1.92. The quantitative estimate of drug-likeness (QED) is 0.873. The minimum atomic E-state index is -0.789. The number of aliphatic carboxylic acids is 1. The summed E-state index contributed by atoms with van der Waals surface area (Å²) >= 11 is 1.32. The number of carboxylic acid groups (broad SMARTS) is 1. The van der Waals surface area contributed by atoms with E-state index in [1.165, 1.54) is 11.8 Å². The Labute approximate surface area is 116 Å². The summed E-state index contributed by atoms with van der Waals surface area (Å²) in [4.78, 5) is 15.8. The molecule has 0 aliphatic heterocycles. The topological polar surface area (TPSA) is 55.1 Å². The second kappa shape index (κ2) is 5.25. The molecule has 2 aromatic rings. The molecule has 2 rings (SSSR count). The number of imidazole rings is 1. The van der Waals surface area contributed by atoms with Crippen molar-refractivity contribution in [2.24, 2.45) is 13.0 Å². The zero-order valence-corrected chi connectivity index (χ0v) is 12.4. The van der Waals surface area contributed by atoms with Gasteiger partial charge in [0.05, 0.1) is 11.0 Å². The lowest BCUT2D eigenvalue weighted by molar-refractivity contribution is -0.137. The number of benzene rings is 1. The van der Waals surface area contributed by atoms with Crippen molar-refractivity contribution in [2.75, 3.05) is 0 Å². The molecule has 0 saturated carbocycles. The van der Waals surface area contributed by atoms with Crippen LogP contribution in [0.1, 0.15) is 19.4 Å². The molecule has 1 heterocycles. The number of fused-ring (bicyclic) bond motifs is 1. The zero-order chi connectivity index (χ0) is 14.2. The van der Waals surface area contributed by atoms with Gasteiger partial charge in [0.15, 0.2) is 5.16 Å². The fourth-order valence-electron chi connectivity index (χ4n) is 1.98. The summed E-state index contributed by atoms with van der Waals surface area (Å²) in [6.07, 6.45) is 0. The Morgan fingerprint density at radius 1 is 1.42 bits per heavy atom. The van der Waals surface area contributed by atoms with E-state index in [-0.39, 0.29) is 5.92 Å². The van der Waals surface area contributed by atoms with Gasteiger partial charge in [-0.1, -0.05) is 31.7 Å². The van der Waals surface area contributed by atoms with E-state index in [0.29, 0.717) is 0 Å². The van der Waals surface area contributed by atoms with Crippen LogP contribution in [0, 0.1) is 12.8 Å². The van der Waals surface area contributed by atoms with E-state index in [1.807, 2.05) is 50.6 Å². The maximum Gasteiger partial charge on any atom is 0.317 e. The third-order valence-electron chi connectivity index (χ3n) is 3.08. The molecule has 0 bridgehead atoms. The van der Waals surface area contributed by atoms with Gasteiger partial charge < -0.3 is 9.67 Å². The molecule has 0 amide bonds. The molecule has 1 N–H and O–H groups in total. The van der Waals surface area contributed by atoms with E-state index in [0.717, 1.165) is 21.8 Å². The van der Waals surface area contributed by atoms with E-state index < -0.39 is 11.2 Å². The van der Waals surface area contributed by atoms with Gasteiger partial charge in [-0.05, 0) is 30.5 Å². The SMILES string of the molecule is Cc1ccc2c(c1)nc(SC(C(=O)O)C(C)C)n2C. The Hall–Kier alpha value is -1.49. The molecular weight excluding hydrogens is 260 g/mol. The second-order valence-electron chi connectivity index (χ2n) is 5.07. The van der Waals surface area contributed by atoms with Crippen molar-refractivity contribution in [2.45, 2.75) is 31.2 Å². The minimum Gasteiger partial charge on any atom is -0.480 e. The van der Waals surface area contributed by atoms with Gasteiger partial charge in [-0.15, -0.1) is 0 Å². The maximum absolute atomic E-state index is 11.3. The number of carboxylic acids is 1. The normalized spacial score (nSPS) is 13.1. The molecule has 1 aromatic heterocycles. The lowest BCUT2D eigenvalue weighted by Gasteiger charge is -2.14. The number of aryl methyl sites for hydroxylation is 2. The molecule has 0 radical (unpaired) electrons. The highest BCUT2D eigenvalue weighted by Gasteiger charge is 2.25. The first-order chi connectivity index (χ1) is 8.90. The van der Waals surface area contributed by atoms with E-state index in [2.05, 4.69) is 4.98 Å². The minimum absolute atomic E-state index is 0.0593. The van der Waals surface area contributed by atoms with Crippen LogP contribution in [0.5, 0.6) is 0 Å². The number of hydrogen-bond acceptors (Lipinski definition) is 3. The largest absolute Gasteiger partial charge is 0.480 e. The van der Waals surface area contributed by atoms with Crippen LogP contribution in [-0.4, -0.2) is 25.9 Å². The van der Waals surface area contributed by atoms with Gasteiger partial charge in [0, 0.05) is 7.05 Å². The molecule has 1 aromatic carbocycles. The average molecular weight is 278 g/mol. The lowest BCUT2D eigenvalue weighted by Crippen LogP contribution is -2.22. The Bertz CT molecular complexity index is 619. The first kappa shape index (κ1) is 13.9. The van der Waals surface area contributed by atoms with Crippen molar-refractivity contribution in [1.29, 1.82) is 0 Å². The molecule has 0 spiro atoms. The lowest BCUT2D eigenvalue weighted by atomic mass is 10.1. The predicted molar refractivity (Wildman–Crippen MR) is 77.6 cm³/mol. The molecule has 0 aliphatic rings. The Balaban J connectivity index is 2.40. The third-order valence-corrected chi connectivity index (χ3v) is 4.65. The van der Waals surface area contributed by atoms with Gasteiger partial charge in [-0.3, -0.25) is 4.79 Å². The summed E-state index contributed by atoms with van der Waals surface area (Å²) < 4.78 is 1.96. The maximum atomic E-state index is 11.3. The molecule has 102 valence electrons. The third kappa shape index (κ3) is 2.76. The Morgan fingerprint density at radius 2 is 2.11 bits per heavy atom. The van der Waals surface area contributed by atoms with E-state index >= 15 is 0 Å². The molecule has 0 aliphatic carbocycles. The zero-order valence-electron chi connectivity index (χ0n) is 11.5. The van der Waals surface area contributed by atoms with Crippen LogP contribution in [0.2, 0.25) is 0 Å². The van der Waals surface area contributed by atoms with Crippen molar-refractivity contribution < 1.29 is 9.90 Å². The van der Waals surface area contributed by atoms with Crippen LogP contribution in [0.25, 0.3) is 11.0 Å². The van der Waals surface area contributed by atoms with Crippen molar-refractivity contribution in [3.05, 3.63) is 23.8 Å². The van der Waals surface area contributed by atoms with Crippen LogP contribution >= 0.6 is 11.8 Å². The van der Waals surface area contributed by atoms with Crippen LogP contribution in [-0.2, 0) is 11.8 Å². The second-order valence-corrected chi connectivity index (χ2v) is 6.17. The smallest absolute Gasteiger partial charge is 0.317 e. The molecule has 5 heteroatoms. The number of nitrogens with zero attached hydrogens (tertiary/aromatic N) is 2. The average Bonchev–Trinajstić information content (AvgIpc) is 2.61. The van der Waals surface area contributed by atoms with Gasteiger partial charge in [0.2, 0.25) is 0 Å². The molecular formula is C14H18N2O2S. The summed E-state index contributed by atoms with van der Waals surface area (Å²) in [5, 5.41) is 9.53. The Morgan fingerprint density at radius 3 is 2.68 bits per heavy atom. The Kier molecular flexibility index (Phi) is 3.85. The number of thioether (sulfide) groups is 1. The number of aromatic nitrogens is 2. The molecule has 1 unspecified atom stereocenters. The molecule has 4 nitrogen and oxygen atoms in total. The van der Waals surface area contributed by atoms with Crippen molar-refractivity contribution in [1.82, 2.24) is 9.55 Å². The van der Waals surface area contributed by atoms with Crippen molar-refractivity contribution >= 4 is 28.8 Å². The van der Waals surface area contributed by atoms with E-state index in [1.54, 1.807) is 0 Å². The highest BCUT2D eigenvalue weighted by atomic mass is 32.2. The van der Waals surface area contributed by atoms with Gasteiger partial charge in [-0.2, -0.15) is 0 Å². The van der Waals surface area contributed by atoms with Crippen LogP contribution in [0.3, 0.4) is 0 Å². The van der Waals surface area contributed by atoms with Crippen molar-refractivity contribution in [3.63, 3.8) is 0 Å². The van der Waals surface area contributed by atoms with Crippen LogP contribution < -0.4 is 0 Å². The molecule has 0 saturated heterocycles. The fourth-order valence-corrected chi connectivity index (χ4v) is 2.99. The number of rotatable bonds is 4. The van der Waals surface area contributed by atoms with Crippen LogP contribution in [0.15, 0.2) is 23.4 Å². The highest BCUT2D eigenvalue weighted by Crippen LogP contribution is 2.30. The predicted octanol–water partition coefficient (Wildman–Crippen LogP) is 3.08. The summed E-state index contributed by atoms with van der Waals surface area (Å²) in [5.41, 5.74) is 3.10. The summed E-state index contributed by atoms with van der Waals surface area (Å²) in [5.74, 6) is -0.729. The summed E-state index contributed by atoms with van der Waals surface area (Å²) in [6, 6.07) is 6.08. The van der Waals surface area contributed by atoms with Crippen LogP contribution in [0.4, 0.5) is 0 Å². The van der Waals surface area contributed by atoms with Gasteiger partial charge >= 0.3 is 5.97 Å². The fraction of sp³-hybridized carbons (Fsp3) is 0.429. The summed E-state index contributed by atoms with van der Waals surface area (Å²) in [6.45, 7) is 5.85.